The van der Waals surface area contributed by atoms with Gasteiger partial charge in [0.1, 0.15) is 6.54 Å². The number of nitrogens with one attached hydrogen (secondary N) is 1. The summed E-state index contributed by atoms with van der Waals surface area (Å²) in [5.41, 5.74) is 1.02. The van der Waals surface area contributed by atoms with Crippen molar-refractivity contribution in [1.82, 2.24) is 9.88 Å². The number of ether oxygens (including phenoxy) is 1. The standard InChI is InChI=1S/C15H20N2O4/c1-21-9-3-8-16-14(19)10-17-12-4-2-5-13(18)11(12)6-7-15(17)20/h6-7H,2-5,8-10H2,1H3,(H,16,19). The lowest BCUT2D eigenvalue weighted by atomic mass is 9.94. The van der Waals surface area contributed by atoms with Crippen molar-refractivity contribution in [3.05, 3.63) is 33.7 Å². The van der Waals surface area contributed by atoms with E-state index in [4.69, 9.17) is 4.74 Å². The second kappa shape index (κ2) is 7.17. The average molecular weight is 292 g/mol. The van der Waals surface area contributed by atoms with Gasteiger partial charge in [-0.15, -0.1) is 0 Å². The first-order valence-corrected chi connectivity index (χ1v) is 7.15. The average Bonchev–Trinajstić information content (AvgIpc) is 2.47. The molecule has 0 radical (unpaired) electrons. The summed E-state index contributed by atoms with van der Waals surface area (Å²) in [6.07, 6.45) is 2.62. The topological polar surface area (TPSA) is 77.4 Å². The number of pyridine rings is 1. The lowest BCUT2D eigenvalue weighted by Crippen LogP contribution is -2.36. The minimum absolute atomic E-state index is 0.0394. The van der Waals surface area contributed by atoms with Crippen LogP contribution in [0.1, 0.15) is 35.3 Å². The Morgan fingerprint density at radius 2 is 2.14 bits per heavy atom. The lowest BCUT2D eigenvalue weighted by Gasteiger charge is -2.19. The highest BCUT2D eigenvalue weighted by molar-refractivity contribution is 5.98. The van der Waals surface area contributed by atoms with E-state index in [-0.39, 0.29) is 23.8 Å². The number of ketones is 1. The van der Waals surface area contributed by atoms with Gasteiger partial charge in [0.15, 0.2) is 5.78 Å². The highest BCUT2D eigenvalue weighted by Crippen LogP contribution is 2.19. The highest BCUT2D eigenvalue weighted by Gasteiger charge is 2.21. The minimum atomic E-state index is -0.240. The largest absolute Gasteiger partial charge is 0.385 e. The van der Waals surface area contributed by atoms with Gasteiger partial charge in [0.2, 0.25) is 5.91 Å². The number of hydrogen-bond acceptors (Lipinski definition) is 4. The predicted octanol–water partition coefficient (Wildman–Crippen LogP) is 0.520. The van der Waals surface area contributed by atoms with Gasteiger partial charge in [-0.3, -0.25) is 14.4 Å². The fraction of sp³-hybridized carbons (Fsp3) is 0.533. The normalized spacial score (nSPS) is 13.9. The summed E-state index contributed by atoms with van der Waals surface area (Å²) in [7, 11) is 1.61. The monoisotopic (exact) mass is 292 g/mol. The van der Waals surface area contributed by atoms with Crippen molar-refractivity contribution < 1.29 is 14.3 Å². The predicted molar refractivity (Wildman–Crippen MR) is 77.5 cm³/mol. The zero-order valence-corrected chi connectivity index (χ0v) is 12.2. The summed E-state index contributed by atoms with van der Waals surface area (Å²) in [6, 6.07) is 2.94. The van der Waals surface area contributed by atoms with Crippen molar-refractivity contribution in [3.63, 3.8) is 0 Å². The van der Waals surface area contributed by atoms with Crippen molar-refractivity contribution in [2.24, 2.45) is 0 Å². The number of Topliss-reactive ketones (excluding diaryl/α,β-unsaturated/α-hetero) is 1. The van der Waals surface area contributed by atoms with Crippen LogP contribution in [0.4, 0.5) is 0 Å². The maximum atomic E-state index is 12.0. The van der Waals surface area contributed by atoms with Gasteiger partial charge in [-0.05, 0) is 25.3 Å². The highest BCUT2D eigenvalue weighted by atomic mass is 16.5. The van der Waals surface area contributed by atoms with E-state index in [0.717, 1.165) is 12.8 Å². The first kappa shape index (κ1) is 15.4. The van der Waals surface area contributed by atoms with E-state index in [2.05, 4.69) is 5.32 Å². The first-order valence-electron chi connectivity index (χ1n) is 7.15. The zero-order valence-electron chi connectivity index (χ0n) is 12.2. The van der Waals surface area contributed by atoms with Crippen LogP contribution < -0.4 is 10.9 Å². The Hall–Kier alpha value is -1.95. The molecule has 6 heteroatoms. The van der Waals surface area contributed by atoms with E-state index in [1.807, 2.05) is 0 Å². The molecule has 0 bridgehead atoms. The quantitative estimate of drug-likeness (QED) is 0.775. The third kappa shape index (κ3) is 3.78. The summed E-state index contributed by atoms with van der Waals surface area (Å²) < 4.78 is 6.32. The number of carbonyl (C=O) groups is 2. The number of hydrogen-bond donors (Lipinski definition) is 1. The molecule has 114 valence electrons. The molecule has 1 aromatic rings. The van der Waals surface area contributed by atoms with Crippen LogP contribution in [0.15, 0.2) is 16.9 Å². The number of amides is 1. The van der Waals surface area contributed by atoms with Crippen LogP contribution in [0.5, 0.6) is 0 Å². The molecule has 1 aliphatic rings. The molecule has 1 aromatic heterocycles. The van der Waals surface area contributed by atoms with Crippen LogP contribution in [-0.4, -0.2) is 36.5 Å². The molecule has 1 N–H and O–H groups in total. The van der Waals surface area contributed by atoms with Gasteiger partial charge in [0.05, 0.1) is 0 Å². The number of rotatable bonds is 6. The number of methoxy groups -OCH3 is 1. The van der Waals surface area contributed by atoms with Gasteiger partial charge in [0.25, 0.3) is 5.56 Å². The van der Waals surface area contributed by atoms with Crippen molar-refractivity contribution in [2.45, 2.75) is 32.2 Å². The molecule has 1 heterocycles. The Kier molecular flexibility index (Phi) is 5.27. The maximum Gasteiger partial charge on any atom is 0.251 e. The smallest absolute Gasteiger partial charge is 0.251 e. The van der Waals surface area contributed by atoms with E-state index < -0.39 is 0 Å². The second-order valence-electron chi connectivity index (χ2n) is 5.09. The summed E-state index contributed by atoms with van der Waals surface area (Å²) >= 11 is 0. The molecule has 21 heavy (non-hydrogen) atoms. The number of nitrogens with zero attached hydrogens (tertiary/aromatic N) is 1. The summed E-state index contributed by atoms with van der Waals surface area (Å²) in [6.45, 7) is 1.05. The fourth-order valence-corrected chi connectivity index (χ4v) is 2.51. The van der Waals surface area contributed by atoms with Crippen molar-refractivity contribution in [1.29, 1.82) is 0 Å². The van der Waals surface area contributed by atoms with Crippen LogP contribution >= 0.6 is 0 Å². The van der Waals surface area contributed by atoms with Crippen molar-refractivity contribution in [3.8, 4) is 0 Å². The molecule has 0 saturated carbocycles. The molecule has 2 rings (SSSR count). The van der Waals surface area contributed by atoms with Gasteiger partial charge in [-0.25, -0.2) is 0 Å². The number of fused-ring (bicyclic) bond motifs is 1. The first-order chi connectivity index (χ1) is 10.1. The van der Waals surface area contributed by atoms with Gasteiger partial charge < -0.3 is 14.6 Å². The molecule has 1 aliphatic carbocycles. The summed E-state index contributed by atoms with van der Waals surface area (Å²) in [5.74, 6) is -0.176. The summed E-state index contributed by atoms with van der Waals surface area (Å²) in [5, 5.41) is 2.75. The molecule has 0 aliphatic heterocycles. The molecule has 0 spiro atoms. The second-order valence-corrected chi connectivity index (χ2v) is 5.09. The van der Waals surface area contributed by atoms with Crippen molar-refractivity contribution >= 4 is 11.7 Å². The van der Waals surface area contributed by atoms with Crippen LogP contribution in [0.3, 0.4) is 0 Å². The Balaban J connectivity index is 2.09. The van der Waals surface area contributed by atoms with Gasteiger partial charge in [0, 0.05) is 44.0 Å². The molecular formula is C15H20N2O4. The summed E-state index contributed by atoms with van der Waals surface area (Å²) in [4.78, 5) is 35.7. The molecule has 1 amide bonds. The van der Waals surface area contributed by atoms with E-state index in [1.54, 1.807) is 13.2 Å². The number of aromatic nitrogens is 1. The molecule has 0 atom stereocenters. The molecule has 0 aromatic carbocycles. The van der Waals surface area contributed by atoms with E-state index in [0.29, 0.717) is 37.3 Å². The molecule has 0 saturated heterocycles. The Morgan fingerprint density at radius 1 is 1.33 bits per heavy atom. The van der Waals surface area contributed by atoms with Gasteiger partial charge >= 0.3 is 0 Å². The molecule has 6 nitrogen and oxygen atoms in total. The Morgan fingerprint density at radius 3 is 2.90 bits per heavy atom. The van der Waals surface area contributed by atoms with Crippen LogP contribution in [0.25, 0.3) is 0 Å². The van der Waals surface area contributed by atoms with E-state index in [1.165, 1.54) is 10.6 Å². The Bertz CT molecular complexity index is 592. The lowest BCUT2D eigenvalue weighted by molar-refractivity contribution is -0.121. The SMILES string of the molecule is COCCCNC(=O)Cn1c2c(ccc1=O)C(=O)CCC2. The third-order valence-corrected chi connectivity index (χ3v) is 3.56. The maximum absolute atomic E-state index is 12.0. The van der Waals surface area contributed by atoms with Crippen LogP contribution in [0, 0.1) is 0 Å². The zero-order chi connectivity index (χ0) is 15.2. The van der Waals surface area contributed by atoms with Crippen LogP contribution in [-0.2, 0) is 22.5 Å². The number of carbonyl (C=O) groups excluding carboxylic acids is 2. The van der Waals surface area contributed by atoms with Gasteiger partial charge in [-0.1, -0.05) is 0 Å². The fourth-order valence-electron chi connectivity index (χ4n) is 2.51. The molecule has 0 fully saturated rings. The minimum Gasteiger partial charge on any atom is -0.385 e. The third-order valence-electron chi connectivity index (χ3n) is 3.56. The molecule has 0 unspecified atom stereocenters. The Labute approximate surface area is 123 Å². The van der Waals surface area contributed by atoms with E-state index >= 15 is 0 Å². The van der Waals surface area contributed by atoms with Crippen molar-refractivity contribution in [2.75, 3.05) is 20.3 Å². The van der Waals surface area contributed by atoms with Gasteiger partial charge in [-0.2, -0.15) is 0 Å². The van der Waals surface area contributed by atoms with Crippen LogP contribution in [0.2, 0.25) is 0 Å². The van der Waals surface area contributed by atoms with E-state index in [9.17, 15) is 14.4 Å². The molecular weight excluding hydrogens is 272 g/mol.